The van der Waals surface area contributed by atoms with Crippen molar-refractivity contribution in [2.75, 3.05) is 18.0 Å². The summed E-state index contributed by atoms with van der Waals surface area (Å²) in [7, 11) is 0. The maximum absolute atomic E-state index is 13.1. The Labute approximate surface area is 165 Å². The van der Waals surface area contributed by atoms with Crippen molar-refractivity contribution in [2.24, 2.45) is 5.92 Å². The number of carbonyl (C=O) groups excluding carboxylic acids is 3. The first-order valence-corrected chi connectivity index (χ1v) is 10.2. The van der Waals surface area contributed by atoms with Gasteiger partial charge in [0.05, 0.1) is 11.3 Å². The average Bonchev–Trinajstić information content (AvgIpc) is 3.02. The summed E-state index contributed by atoms with van der Waals surface area (Å²) in [6, 6.07) is 7.25. The van der Waals surface area contributed by atoms with Gasteiger partial charge in [-0.1, -0.05) is 24.3 Å². The molecule has 148 valence electrons. The summed E-state index contributed by atoms with van der Waals surface area (Å²) < 4.78 is 0. The molecule has 4 rings (SSSR count). The number of hydrogen-bond donors (Lipinski definition) is 1. The highest BCUT2D eigenvalue weighted by molar-refractivity contribution is 6.10. The summed E-state index contributed by atoms with van der Waals surface area (Å²) in [6.07, 6.45) is 8.80. The molecule has 6 heteroatoms. The van der Waals surface area contributed by atoms with Crippen LogP contribution in [0.4, 0.5) is 5.69 Å². The number of amides is 3. The minimum Gasteiger partial charge on any atom is -0.356 e. The normalized spacial score (nSPS) is 26.2. The van der Waals surface area contributed by atoms with E-state index < -0.39 is 5.66 Å². The fourth-order valence-corrected chi connectivity index (χ4v) is 4.64. The van der Waals surface area contributed by atoms with Gasteiger partial charge in [-0.15, -0.1) is 0 Å². The summed E-state index contributed by atoms with van der Waals surface area (Å²) in [4.78, 5) is 41.5. The molecule has 1 fully saturated rings. The third-order valence-electron chi connectivity index (χ3n) is 6.27. The Morgan fingerprint density at radius 1 is 1.25 bits per heavy atom. The van der Waals surface area contributed by atoms with Gasteiger partial charge in [-0.25, -0.2) is 0 Å². The lowest BCUT2D eigenvalue weighted by Gasteiger charge is -2.48. The number of anilines is 1. The Hall–Kier alpha value is -2.63. The van der Waals surface area contributed by atoms with Gasteiger partial charge in [0, 0.05) is 25.9 Å². The quantitative estimate of drug-likeness (QED) is 0.798. The number of fused-ring (bicyclic) bond motifs is 3. The Morgan fingerprint density at radius 2 is 2.07 bits per heavy atom. The summed E-state index contributed by atoms with van der Waals surface area (Å²) in [5, 5.41) is 3.02. The van der Waals surface area contributed by atoms with Gasteiger partial charge >= 0.3 is 0 Å². The molecule has 0 spiro atoms. The van der Waals surface area contributed by atoms with E-state index in [9.17, 15) is 14.4 Å². The van der Waals surface area contributed by atoms with Crippen molar-refractivity contribution in [1.29, 1.82) is 0 Å². The molecular weight excluding hydrogens is 354 g/mol. The molecule has 2 heterocycles. The zero-order valence-corrected chi connectivity index (χ0v) is 16.3. The molecule has 1 aromatic carbocycles. The summed E-state index contributed by atoms with van der Waals surface area (Å²) in [5.41, 5.74) is 0.518. The number of benzene rings is 1. The van der Waals surface area contributed by atoms with Crippen LogP contribution in [0.5, 0.6) is 0 Å². The van der Waals surface area contributed by atoms with Crippen LogP contribution in [-0.4, -0.2) is 41.4 Å². The van der Waals surface area contributed by atoms with Gasteiger partial charge < -0.3 is 10.2 Å². The van der Waals surface area contributed by atoms with E-state index in [4.69, 9.17) is 0 Å². The first kappa shape index (κ1) is 18.7. The standard InChI is InChI=1S/C22H27N3O3/c1-22-13-11-20(27)25(22)18-10-6-5-9-17(18)21(28)24(22)14-12-19(26)23-15-16-7-3-2-4-8-16/h2-3,5-6,9-10,16H,4,7-8,11-15H2,1H3,(H,23,26). The molecule has 1 aromatic rings. The van der Waals surface area contributed by atoms with E-state index in [1.54, 1.807) is 15.9 Å². The number of para-hydroxylation sites is 1. The predicted octanol–water partition coefficient (Wildman–Crippen LogP) is 2.85. The lowest BCUT2D eigenvalue weighted by molar-refractivity contribution is -0.121. The number of nitrogens with one attached hydrogen (secondary N) is 1. The molecule has 3 aliphatic rings. The minimum atomic E-state index is -0.697. The number of nitrogens with zero attached hydrogens (tertiary/aromatic N) is 2. The molecule has 2 aliphatic heterocycles. The summed E-state index contributed by atoms with van der Waals surface area (Å²) in [5.74, 6) is 0.384. The fourth-order valence-electron chi connectivity index (χ4n) is 4.64. The Balaban J connectivity index is 1.45. The van der Waals surface area contributed by atoms with Crippen LogP contribution in [0, 0.1) is 5.92 Å². The Kier molecular flexibility index (Phi) is 4.96. The summed E-state index contributed by atoms with van der Waals surface area (Å²) in [6.45, 7) is 2.92. The van der Waals surface area contributed by atoms with Crippen LogP contribution in [0.25, 0.3) is 0 Å². The van der Waals surface area contributed by atoms with Gasteiger partial charge in [0.2, 0.25) is 11.8 Å². The van der Waals surface area contributed by atoms with E-state index >= 15 is 0 Å². The van der Waals surface area contributed by atoms with Crippen molar-refractivity contribution in [1.82, 2.24) is 10.2 Å². The zero-order valence-electron chi connectivity index (χ0n) is 16.3. The average molecular weight is 381 g/mol. The molecule has 28 heavy (non-hydrogen) atoms. The van der Waals surface area contributed by atoms with Gasteiger partial charge in [-0.3, -0.25) is 19.3 Å². The SMILES string of the molecule is CC12CCC(=O)N1c1ccccc1C(=O)N2CCC(=O)NCC1CC=CCC1. The van der Waals surface area contributed by atoms with Gasteiger partial charge in [0.1, 0.15) is 5.66 Å². The van der Waals surface area contributed by atoms with Crippen molar-refractivity contribution in [3.05, 3.63) is 42.0 Å². The molecule has 1 aliphatic carbocycles. The van der Waals surface area contributed by atoms with E-state index in [1.165, 1.54) is 0 Å². The highest BCUT2D eigenvalue weighted by atomic mass is 16.2. The van der Waals surface area contributed by atoms with E-state index in [1.807, 2.05) is 25.1 Å². The van der Waals surface area contributed by atoms with Gasteiger partial charge in [-0.2, -0.15) is 0 Å². The molecule has 2 unspecified atom stereocenters. The van der Waals surface area contributed by atoms with Crippen molar-refractivity contribution >= 4 is 23.4 Å². The molecule has 1 saturated heterocycles. The fraction of sp³-hybridized carbons (Fsp3) is 0.500. The number of hydrogen-bond acceptors (Lipinski definition) is 3. The monoisotopic (exact) mass is 381 g/mol. The van der Waals surface area contributed by atoms with Gasteiger partial charge in [-0.05, 0) is 50.7 Å². The van der Waals surface area contributed by atoms with Crippen molar-refractivity contribution < 1.29 is 14.4 Å². The number of rotatable bonds is 5. The van der Waals surface area contributed by atoms with Gasteiger partial charge in [0.15, 0.2) is 0 Å². The Bertz CT molecular complexity index is 834. The largest absolute Gasteiger partial charge is 0.356 e. The molecule has 2 atom stereocenters. The number of allylic oxidation sites excluding steroid dienone is 2. The van der Waals surface area contributed by atoms with Crippen molar-refractivity contribution in [3.8, 4) is 0 Å². The number of carbonyl (C=O) groups is 3. The zero-order chi connectivity index (χ0) is 19.7. The molecule has 0 bridgehead atoms. The van der Waals surface area contributed by atoms with Crippen molar-refractivity contribution in [3.63, 3.8) is 0 Å². The van der Waals surface area contributed by atoms with E-state index in [-0.39, 0.29) is 24.1 Å². The van der Waals surface area contributed by atoms with Crippen LogP contribution >= 0.6 is 0 Å². The Morgan fingerprint density at radius 3 is 2.86 bits per heavy atom. The topological polar surface area (TPSA) is 69.7 Å². The van der Waals surface area contributed by atoms with Crippen molar-refractivity contribution in [2.45, 2.75) is 51.1 Å². The lowest BCUT2D eigenvalue weighted by atomic mass is 9.94. The third-order valence-corrected chi connectivity index (χ3v) is 6.27. The van der Waals surface area contributed by atoms with E-state index in [0.29, 0.717) is 43.1 Å². The molecule has 3 amide bonds. The molecule has 6 nitrogen and oxygen atoms in total. The first-order valence-electron chi connectivity index (χ1n) is 10.2. The summed E-state index contributed by atoms with van der Waals surface area (Å²) >= 11 is 0. The third kappa shape index (κ3) is 3.21. The minimum absolute atomic E-state index is 0.0299. The predicted molar refractivity (Wildman–Crippen MR) is 107 cm³/mol. The van der Waals surface area contributed by atoms with Crippen LogP contribution in [0.15, 0.2) is 36.4 Å². The molecule has 0 saturated carbocycles. The molecule has 0 aromatic heterocycles. The van der Waals surface area contributed by atoms with Crippen LogP contribution in [-0.2, 0) is 9.59 Å². The van der Waals surface area contributed by atoms with Gasteiger partial charge in [0.25, 0.3) is 5.91 Å². The lowest BCUT2D eigenvalue weighted by Crippen LogP contribution is -2.62. The van der Waals surface area contributed by atoms with E-state index in [0.717, 1.165) is 19.3 Å². The molecular formula is C22H27N3O3. The second kappa shape index (κ2) is 7.41. The first-order chi connectivity index (χ1) is 13.5. The highest BCUT2D eigenvalue weighted by Gasteiger charge is 2.52. The highest BCUT2D eigenvalue weighted by Crippen LogP contribution is 2.43. The van der Waals surface area contributed by atoms with Crippen LogP contribution < -0.4 is 10.2 Å². The smallest absolute Gasteiger partial charge is 0.257 e. The second-order valence-corrected chi connectivity index (χ2v) is 8.12. The maximum atomic E-state index is 13.1. The van der Waals surface area contributed by atoms with Crippen LogP contribution in [0.1, 0.15) is 55.8 Å². The van der Waals surface area contributed by atoms with E-state index in [2.05, 4.69) is 17.5 Å². The molecule has 0 radical (unpaired) electrons. The van der Waals surface area contributed by atoms with Crippen LogP contribution in [0.3, 0.4) is 0 Å². The molecule has 1 N–H and O–H groups in total. The maximum Gasteiger partial charge on any atom is 0.257 e. The second-order valence-electron chi connectivity index (χ2n) is 8.12. The van der Waals surface area contributed by atoms with Crippen LogP contribution in [0.2, 0.25) is 0 Å².